The lowest BCUT2D eigenvalue weighted by atomic mass is 10.1. The van der Waals surface area contributed by atoms with Crippen LogP contribution < -0.4 is 10.9 Å². The number of para-hydroxylation sites is 1. The molecule has 1 unspecified atom stereocenters. The van der Waals surface area contributed by atoms with Crippen LogP contribution in [0, 0.1) is 0 Å². The number of halogens is 3. The van der Waals surface area contributed by atoms with Crippen LogP contribution in [0.15, 0.2) is 47.3 Å². The van der Waals surface area contributed by atoms with Gasteiger partial charge in [0.05, 0.1) is 22.7 Å². The van der Waals surface area contributed by atoms with Crippen molar-refractivity contribution in [1.82, 2.24) is 14.5 Å². The third-order valence-electron chi connectivity index (χ3n) is 5.64. The van der Waals surface area contributed by atoms with E-state index >= 15 is 0 Å². The van der Waals surface area contributed by atoms with Gasteiger partial charge >= 0.3 is 6.18 Å². The summed E-state index contributed by atoms with van der Waals surface area (Å²) in [6, 6.07) is 9.26. The van der Waals surface area contributed by atoms with E-state index < -0.39 is 17.3 Å². The van der Waals surface area contributed by atoms with Gasteiger partial charge in [-0.3, -0.25) is 19.1 Å². The van der Waals surface area contributed by atoms with Crippen molar-refractivity contribution in [2.45, 2.75) is 25.1 Å². The molecule has 1 aliphatic rings. The van der Waals surface area contributed by atoms with Crippen molar-refractivity contribution in [1.29, 1.82) is 0 Å². The minimum atomic E-state index is -4.52. The molecule has 0 spiro atoms. The zero-order valence-corrected chi connectivity index (χ0v) is 17.0. The predicted octanol–water partition coefficient (Wildman–Crippen LogP) is 3.65. The van der Waals surface area contributed by atoms with Crippen LogP contribution in [-0.2, 0) is 18.0 Å². The molecule has 1 saturated heterocycles. The third-order valence-corrected chi connectivity index (χ3v) is 5.64. The Balaban J connectivity index is 1.82. The summed E-state index contributed by atoms with van der Waals surface area (Å²) in [4.78, 5) is 32.1. The van der Waals surface area contributed by atoms with Crippen molar-refractivity contribution in [3.63, 3.8) is 0 Å². The average Bonchev–Trinajstić information content (AvgIpc) is 3.16. The molecule has 162 valence electrons. The maximum atomic E-state index is 13.2. The minimum absolute atomic E-state index is 0.0864. The molecule has 1 N–H and O–H groups in total. The van der Waals surface area contributed by atoms with E-state index in [-0.39, 0.29) is 34.2 Å². The van der Waals surface area contributed by atoms with Gasteiger partial charge < -0.3 is 5.32 Å². The Labute approximate surface area is 176 Å². The number of hydrogen-bond donors (Lipinski definition) is 1. The predicted molar refractivity (Wildman–Crippen MR) is 112 cm³/mol. The summed E-state index contributed by atoms with van der Waals surface area (Å²) >= 11 is 0. The lowest BCUT2D eigenvalue weighted by Gasteiger charge is -2.19. The van der Waals surface area contributed by atoms with Crippen LogP contribution in [0.1, 0.15) is 18.4 Å². The Morgan fingerprint density at radius 2 is 1.90 bits per heavy atom. The number of anilines is 1. The van der Waals surface area contributed by atoms with E-state index in [0.717, 1.165) is 31.5 Å². The molecular weight excluding hydrogens is 409 g/mol. The summed E-state index contributed by atoms with van der Waals surface area (Å²) in [6.45, 7) is 0.826. The SMILES string of the molecule is CN1CCCC1C(=O)Nc1cccc2c(=O)n(C)c(-c3cccc(C(F)(F)F)c3)nc12. The van der Waals surface area contributed by atoms with Gasteiger partial charge in [-0.1, -0.05) is 18.2 Å². The molecule has 2 heterocycles. The van der Waals surface area contributed by atoms with Gasteiger partial charge in [-0.15, -0.1) is 0 Å². The number of alkyl halides is 3. The topological polar surface area (TPSA) is 67.2 Å². The molecule has 4 rings (SSSR count). The van der Waals surface area contributed by atoms with E-state index in [1.54, 1.807) is 18.2 Å². The largest absolute Gasteiger partial charge is 0.416 e. The molecule has 1 aliphatic heterocycles. The fourth-order valence-corrected chi connectivity index (χ4v) is 3.95. The van der Waals surface area contributed by atoms with Crippen molar-refractivity contribution >= 4 is 22.5 Å². The molecule has 2 aromatic carbocycles. The van der Waals surface area contributed by atoms with Crippen molar-refractivity contribution in [3.8, 4) is 11.4 Å². The van der Waals surface area contributed by atoms with E-state index in [1.807, 2.05) is 11.9 Å². The van der Waals surface area contributed by atoms with Gasteiger partial charge in [-0.05, 0) is 50.7 Å². The monoisotopic (exact) mass is 430 g/mol. The maximum Gasteiger partial charge on any atom is 0.416 e. The fourth-order valence-electron chi connectivity index (χ4n) is 3.95. The second kappa shape index (κ2) is 7.81. The molecule has 0 saturated carbocycles. The maximum absolute atomic E-state index is 13.2. The van der Waals surface area contributed by atoms with E-state index in [1.165, 1.54) is 23.7 Å². The summed E-state index contributed by atoms with van der Waals surface area (Å²) in [5, 5.41) is 3.12. The van der Waals surface area contributed by atoms with Crippen LogP contribution in [-0.4, -0.2) is 40.0 Å². The van der Waals surface area contributed by atoms with Gasteiger partial charge in [0.2, 0.25) is 5.91 Å². The van der Waals surface area contributed by atoms with Gasteiger partial charge in [0.25, 0.3) is 5.56 Å². The molecule has 6 nitrogen and oxygen atoms in total. The number of nitrogens with one attached hydrogen (secondary N) is 1. The Morgan fingerprint density at radius 3 is 2.58 bits per heavy atom. The number of benzene rings is 2. The summed E-state index contributed by atoms with van der Waals surface area (Å²) in [7, 11) is 3.34. The van der Waals surface area contributed by atoms with Crippen molar-refractivity contribution in [2.24, 2.45) is 7.05 Å². The van der Waals surface area contributed by atoms with E-state index in [4.69, 9.17) is 0 Å². The summed E-state index contributed by atoms with van der Waals surface area (Å²) in [5.74, 6) is -0.112. The van der Waals surface area contributed by atoms with Crippen LogP contribution in [0.4, 0.5) is 18.9 Å². The number of likely N-dealkylation sites (tertiary alicyclic amines) is 1. The number of nitrogens with zero attached hydrogens (tertiary/aromatic N) is 3. The second-order valence-corrected chi connectivity index (χ2v) is 7.71. The van der Waals surface area contributed by atoms with Crippen LogP contribution in [0.3, 0.4) is 0 Å². The van der Waals surface area contributed by atoms with Crippen LogP contribution in [0.5, 0.6) is 0 Å². The summed E-state index contributed by atoms with van der Waals surface area (Å²) in [6.07, 6.45) is -2.86. The van der Waals surface area contributed by atoms with Crippen molar-refractivity contribution < 1.29 is 18.0 Å². The Kier molecular flexibility index (Phi) is 5.30. The Hall–Kier alpha value is -3.20. The number of carbonyl (C=O) groups excluding carboxylic acids is 1. The van der Waals surface area contributed by atoms with Crippen LogP contribution in [0.25, 0.3) is 22.3 Å². The van der Waals surface area contributed by atoms with Gasteiger partial charge in [-0.2, -0.15) is 13.2 Å². The highest BCUT2D eigenvalue weighted by atomic mass is 19.4. The number of aromatic nitrogens is 2. The minimum Gasteiger partial charge on any atom is -0.323 e. The molecule has 1 atom stereocenters. The number of amides is 1. The van der Waals surface area contributed by atoms with Crippen LogP contribution in [0.2, 0.25) is 0 Å². The average molecular weight is 430 g/mol. The van der Waals surface area contributed by atoms with E-state index in [9.17, 15) is 22.8 Å². The molecule has 1 aromatic heterocycles. The highest BCUT2D eigenvalue weighted by Gasteiger charge is 2.31. The van der Waals surface area contributed by atoms with Crippen molar-refractivity contribution in [3.05, 3.63) is 58.4 Å². The zero-order valence-electron chi connectivity index (χ0n) is 17.0. The first-order valence-electron chi connectivity index (χ1n) is 9.85. The lowest BCUT2D eigenvalue weighted by molar-refractivity contribution is -0.137. The Bertz CT molecular complexity index is 1220. The molecule has 0 radical (unpaired) electrons. The smallest absolute Gasteiger partial charge is 0.323 e. The first-order chi connectivity index (χ1) is 14.7. The standard InChI is InChI=1S/C22H21F3N4O2/c1-28-11-5-10-17(28)20(30)26-16-9-4-8-15-18(16)27-19(29(2)21(15)31)13-6-3-7-14(12-13)22(23,24)25/h3-4,6-9,12,17H,5,10-11H2,1-2H3,(H,26,30). The molecule has 0 bridgehead atoms. The van der Waals surface area contributed by atoms with Gasteiger partial charge in [0.1, 0.15) is 11.3 Å². The summed E-state index contributed by atoms with van der Waals surface area (Å²) < 4.78 is 40.7. The third kappa shape index (κ3) is 3.93. The number of fused-ring (bicyclic) bond motifs is 1. The highest BCUT2D eigenvalue weighted by Crippen LogP contribution is 2.32. The first-order valence-corrected chi connectivity index (χ1v) is 9.85. The van der Waals surface area contributed by atoms with Crippen molar-refractivity contribution in [2.75, 3.05) is 18.9 Å². The number of likely N-dealkylation sites (N-methyl/N-ethyl adjacent to an activating group) is 1. The molecule has 9 heteroatoms. The number of hydrogen-bond acceptors (Lipinski definition) is 4. The van der Waals surface area contributed by atoms with Crippen LogP contribution >= 0.6 is 0 Å². The molecule has 1 amide bonds. The van der Waals surface area contributed by atoms with Gasteiger partial charge in [0, 0.05) is 12.6 Å². The van der Waals surface area contributed by atoms with Gasteiger partial charge in [-0.25, -0.2) is 4.98 Å². The number of carbonyl (C=O) groups is 1. The van der Waals surface area contributed by atoms with E-state index in [0.29, 0.717) is 5.69 Å². The lowest BCUT2D eigenvalue weighted by Crippen LogP contribution is -2.37. The molecule has 3 aromatic rings. The zero-order chi connectivity index (χ0) is 22.3. The molecular formula is C22H21F3N4O2. The molecule has 31 heavy (non-hydrogen) atoms. The molecule has 0 aliphatic carbocycles. The first kappa shape index (κ1) is 21.0. The van der Waals surface area contributed by atoms with Gasteiger partial charge in [0.15, 0.2) is 0 Å². The fraction of sp³-hybridized carbons (Fsp3) is 0.318. The molecule has 1 fully saturated rings. The normalized spacial score (nSPS) is 17.3. The summed E-state index contributed by atoms with van der Waals surface area (Å²) in [5.41, 5.74) is -0.481. The van der Waals surface area contributed by atoms with E-state index in [2.05, 4.69) is 10.3 Å². The second-order valence-electron chi connectivity index (χ2n) is 7.71. The highest BCUT2D eigenvalue weighted by molar-refractivity contribution is 6.02. The quantitative estimate of drug-likeness (QED) is 0.689. The number of rotatable bonds is 3. The Morgan fingerprint density at radius 1 is 1.16 bits per heavy atom.